The number of benzene rings is 1. The van der Waals surface area contributed by atoms with Crippen LogP contribution in [0.3, 0.4) is 0 Å². The maximum atomic E-state index is 12.5. The average molecular weight is 306 g/mol. The highest BCUT2D eigenvalue weighted by Gasteiger charge is 2.29. The topological polar surface area (TPSA) is 42.7 Å². The van der Waals surface area contributed by atoms with E-state index in [1.807, 2.05) is 11.6 Å². The first-order valence-corrected chi connectivity index (χ1v) is 6.61. The third kappa shape index (κ3) is 2.74. The van der Waals surface area contributed by atoms with E-state index in [0.717, 1.165) is 28.7 Å². The van der Waals surface area contributed by atoms with E-state index in [4.69, 9.17) is 0 Å². The number of hydrogen-bond acceptors (Lipinski definition) is 3. The largest absolute Gasteiger partial charge is 0.416 e. The number of aromatic nitrogens is 3. The van der Waals surface area contributed by atoms with Crippen molar-refractivity contribution in [3.05, 3.63) is 54.0 Å². The van der Waals surface area contributed by atoms with Crippen molar-refractivity contribution in [2.75, 3.05) is 5.32 Å². The second-order valence-corrected chi connectivity index (χ2v) is 4.93. The van der Waals surface area contributed by atoms with E-state index in [2.05, 4.69) is 15.3 Å². The van der Waals surface area contributed by atoms with Crippen LogP contribution in [0.5, 0.6) is 0 Å². The minimum atomic E-state index is -4.31. The Bertz CT molecular complexity index is 791. The van der Waals surface area contributed by atoms with E-state index in [1.54, 1.807) is 18.6 Å². The fourth-order valence-corrected chi connectivity index (χ4v) is 2.23. The van der Waals surface area contributed by atoms with E-state index >= 15 is 0 Å². The van der Waals surface area contributed by atoms with Gasteiger partial charge in [0.15, 0.2) is 5.82 Å². The molecule has 0 spiro atoms. The lowest BCUT2D eigenvalue weighted by molar-refractivity contribution is -0.137. The molecule has 0 fully saturated rings. The maximum Gasteiger partial charge on any atom is 0.416 e. The fourth-order valence-electron chi connectivity index (χ4n) is 2.23. The van der Waals surface area contributed by atoms with Crippen LogP contribution in [0.2, 0.25) is 0 Å². The van der Waals surface area contributed by atoms with Crippen LogP contribution < -0.4 is 5.32 Å². The molecule has 0 unspecified atom stereocenters. The van der Waals surface area contributed by atoms with Crippen molar-refractivity contribution in [3.63, 3.8) is 0 Å². The molecular formula is C15H13F3N4. The smallest absolute Gasteiger partial charge is 0.364 e. The summed E-state index contributed by atoms with van der Waals surface area (Å²) in [5.74, 6) is 0.650. The Labute approximate surface area is 124 Å². The van der Waals surface area contributed by atoms with Crippen LogP contribution >= 0.6 is 0 Å². The van der Waals surface area contributed by atoms with Gasteiger partial charge < -0.3 is 9.88 Å². The Hall–Kier alpha value is -2.57. The molecule has 0 aliphatic carbocycles. The van der Waals surface area contributed by atoms with E-state index in [1.165, 1.54) is 12.1 Å². The van der Waals surface area contributed by atoms with E-state index < -0.39 is 11.7 Å². The predicted octanol–water partition coefficient (Wildman–Crippen LogP) is 3.60. The Morgan fingerprint density at radius 2 is 1.82 bits per heavy atom. The highest BCUT2D eigenvalue weighted by molar-refractivity contribution is 5.85. The molecule has 0 aliphatic rings. The normalized spacial score (nSPS) is 11.8. The van der Waals surface area contributed by atoms with Gasteiger partial charge in [0.1, 0.15) is 5.52 Å². The quantitative estimate of drug-likeness (QED) is 0.804. The number of hydrogen-bond donors (Lipinski definition) is 1. The van der Waals surface area contributed by atoms with Crippen LogP contribution in [0.15, 0.2) is 42.9 Å². The second-order valence-electron chi connectivity index (χ2n) is 4.93. The zero-order valence-electron chi connectivity index (χ0n) is 11.7. The number of nitrogens with one attached hydrogen (secondary N) is 1. The fraction of sp³-hybridized carbons (Fsp3) is 0.200. The number of alkyl halides is 3. The summed E-state index contributed by atoms with van der Waals surface area (Å²) < 4.78 is 39.4. The number of imidazole rings is 1. The maximum absolute atomic E-state index is 12.5. The molecule has 1 N–H and O–H groups in total. The number of rotatable bonds is 3. The summed E-state index contributed by atoms with van der Waals surface area (Å²) in [7, 11) is 1.86. The van der Waals surface area contributed by atoms with Gasteiger partial charge in [-0.3, -0.25) is 0 Å². The molecule has 114 valence electrons. The second kappa shape index (κ2) is 5.32. The van der Waals surface area contributed by atoms with E-state index in [-0.39, 0.29) is 0 Å². The van der Waals surface area contributed by atoms with Crippen molar-refractivity contribution < 1.29 is 13.2 Å². The van der Waals surface area contributed by atoms with Crippen LogP contribution in [-0.4, -0.2) is 14.5 Å². The molecule has 0 amide bonds. The lowest BCUT2D eigenvalue weighted by Gasteiger charge is -2.10. The van der Waals surface area contributed by atoms with Crippen molar-refractivity contribution in [1.82, 2.24) is 14.5 Å². The zero-order chi connectivity index (χ0) is 15.7. The lowest BCUT2D eigenvalue weighted by Crippen LogP contribution is -2.06. The van der Waals surface area contributed by atoms with Crippen molar-refractivity contribution >= 4 is 16.9 Å². The predicted molar refractivity (Wildman–Crippen MR) is 77.3 cm³/mol. The third-order valence-corrected chi connectivity index (χ3v) is 3.37. The number of anilines is 1. The monoisotopic (exact) mass is 306 g/mol. The third-order valence-electron chi connectivity index (χ3n) is 3.37. The van der Waals surface area contributed by atoms with Gasteiger partial charge in [-0.1, -0.05) is 12.1 Å². The van der Waals surface area contributed by atoms with E-state index in [9.17, 15) is 13.2 Å². The summed E-state index contributed by atoms with van der Waals surface area (Å²) >= 11 is 0. The molecule has 7 heteroatoms. The lowest BCUT2D eigenvalue weighted by atomic mass is 10.1. The zero-order valence-corrected chi connectivity index (χ0v) is 11.7. The minimum Gasteiger partial charge on any atom is -0.364 e. The molecular weight excluding hydrogens is 293 g/mol. The van der Waals surface area contributed by atoms with Crippen molar-refractivity contribution in [3.8, 4) is 0 Å². The summed E-state index contributed by atoms with van der Waals surface area (Å²) in [4.78, 5) is 8.49. The number of aryl methyl sites for hydroxylation is 1. The summed E-state index contributed by atoms with van der Waals surface area (Å²) in [6.45, 7) is 0.384. The van der Waals surface area contributed by atoms with Gasteiger partial charge in [0, 0.05) is 19.8 Å². The SMILES string of the molecule is Cn1cnc2ccnc(NCc3ccc(C(F)(F)F)cc3)c21. The molecule has 2 aromatic heterocycles. The van der Waals surface area contributed by atoms with Gasteiger partial charge >= 0.3 is 6.18 Å². The van der Waals surface area contributed by atoms with Crippen molar-refractivity contribution in [2.45, 2.75) is 12.7 Å². The van der Waals surface area contributed by atoms with Gasteiger partial charge in [-0.15, -0.1) is 0 Å². The molecule has 0 bridgehead atoms. The van der Waals surface area contributed by atoms with Gasteiger partial charge in [-0.05, 0) is 23.8 Å². The molecule has 3 aromatic rings. The number of nitrogens with zero attached hydrogens (tertiary/aromatic N) is 3. The van der Waals surface area contributed by atoms with Crippen LogP contribution in [0.25, 0.3) is 11.0 Å². The van der Waals surface area contributed by atoms with Gasteiger partial charge in [0.2, 0.25) is 0 Å². The molecule has 0 aliphatic heterocycles. The Kier molecular flexibility index (Phi) is 3.48. The molecule has 0 saturated carbocycles. The summed E-state index contributed by atoms with van der Waals surface area (Å²) in [6.07, 6.45) is -0.978. The molecule has 0 radical (unpaired) electrons. The summed E-state index contributed by atoms with van der Waals surface area (Å²) in [6, 6.07) is 6.88. The highest BCUT2D eigenvalue weighted by atomic mass is 19.4. The molecule has 3 rings (SSSR count). The molecule has 1 aromatic carbocycles. The van der Waals surface area contributed by atoms with Crippen LogP contribution in [-0.2, 0) is 19.8 Å². The standard InChI is InChI=1S/C15H13F3N4/c1-22-9-21-12-6-7-19-14(13(12)22)20-8-10-2-4-11(5-3-10)15(16,17)18/h2-7,9H,8H2,1H3,(H,19,20). The van der Waals surface area contributed by atoms with Gasteiger partial charge in [-0.25, -0.2) is 9.97 Å². The Morgan fingerprint density at radius 3 is 2.50 bits per heavy atom. The molecule has 22 heavy (non-hydrogen) atoms. The first-order valence-electron chi connectivity index (χ1n) is 6.61. The number of halogens is 3. The highest BCUT2D eigenvalue weighted by Crippen LogP contribution is 2.29. The average Bonchev–Trinajstić information content (AvgIpc) is 2.87. The van der Waals surface area contributed by atoms with Crippen LogP contribution in [0.4, 0.5) is 19.0 Å². The minimum absolute atomic E-state index is 0.384. The summed E-state index contributed by atoms with van der Waals surface area (Å²) in [5, 5.41) is 3.14. The molecule has 0 atom stereocenters. The van der Waals surface area contributed by atoms with Gasteiger partial charge in [0.25, 0.3) is 0 Å². The number of pyridine rings is 1. The first kappa shape index (κ1) is 14.4. The Balaban J connectivity index is 1.78. The van der Waals surface area contributed by atoms with E-state index in [0.29, 0.717) is 12.4 Å². The molecule has 2 heterocycles. The molecule has 0 saturated heterocycles. The Morgan fingerprint density at radius 1 is 1.09 bits per heavy atom. The van der Waals surface area contributed by atoms with Crippen molar-refractivity contribution in [2.24, 2.45) is 7.05 Å². The number of fused-ring (bicyclic) bond motifs is 1. The van der Waals surface area contributed by atoms with Gasteiger partial charge in [0.05, 0.1) is 17.4 Å². The summed E-state index contributed by atoms with van der Waals surface area (Å²) in [5.41, 5.74) is 1.76. The first-order chi connectivity index (χ1) is 10.4. The van der Waals surface area contributed by atoms with Crippen LogP contribution in [0, 0.1) is 0 Å². The van der Waals surface area contributed by atoms with Crippen molar-refractivity contribution in [1.29, 1.82) is 0 Å². The van der Waals surface area contributed by atoms with Gasteiger partial charge in [-0.2, -0.15) is 13.2 Å². The molecule has 4 nitrogen and oxygen atoms in total. The van der Waals surface area contributed by atoms with Crippen LogP contribution in [0.1, 0.15) is 11.1 Å².